The fourth-order valence-electron chi connectivity index (χ4n) is 3.83. The molecule has 35 heavy (non-hydrogen) atoms. The topological polar surface area (TPSA) is 93.0 Å². The number of nitro groups is 1. The molecule has 0 saturated carbocycles. The Morgan fingerprint density at radius 3 is 2.46 bits per heavy atom. The molecule has 188 valence electrons. The molecular weight excluding hydrogens is 474 g/mol. The molecule has 3 rings (SSSR count). The molecule has 2 aromatic carbocycles. The molecule has 1 fully saturated rings. The molecule has 0 aromatic heterocycles. The number of piperidine rings is 1. The van der Waals surface area contributed by atoms with E-state index < -0.39 is 52.6 Å². The lowest BCUT2D eigenvalue weighted by atomic mass is 9.96. The molecule has 1 aliphatic rings. The van der Waals surface area contributed by atoms with E-state index in [0.29, 0.717) is 11.6 Å². The Hall–Kier alpha value is -3.70. The van der Waals surface area contributed by atoms with Gasteiger partial charge in [-0.2, -0.15) is 13.2 Å². The first kappa shape index (κ1) is 25.9. The van der Waals surface area contributed by atoms with Gasteiger partial charge < -0.3 is 14.5 Å². The summed E-state index contributed by atoms with van der Waals surface area (Å²) < 4.78 is 57.2. The van der Waals surface area contributed by atoms with Gasteiger partial charge in [0.1, 0.15) is 11.5 Å². The maximum Gasteiger partial charge on any atom is 0.416 e. The number of carbonyl (C=O) groups excluding carboxylic acids is 2. The standard InChI is InChI=1S/C23H23F4N3O5/c1-28(13-15-3-2-4-18(24)11-15)21(31)14-35-22(32)16-7-9-29(10-8-16)19-6-5-17(23(25,26)27)12-20(19)30(33)34/h2-6,11-12,16H,7-10,13-14H2,1H3. The molecule has 0 atom stereocenters. The Balaban J connectivity index is 1.53. The predicted octanol–water partition coefficient (Wildman–Crippen LogP) is 4.17. The second-order valence-electron chi connectivity index (χ2n) is 8.21. The average molecular weight is 497 g/mol. The maximum absolute atomic E-state index is 13.3. The van der Waals surface area contributed by atoms with Crippen molar-refractivity contribution in [2.45, 2.75) is 25.6 Å². The van der Waals surface area contributed by atoms with E-state index >= 15 is 0 Å². The highest BCUT2D eigenvalue weighted by atomic mass is 19.4. The number of hydrogen-bond donors (Lipinski definition) is 0. The van der Waals surface area contributed by atoms with E-state index in [1.165, 1.54) is 30.1 Å². The number of nitro benzene ring substituents is 1. The third-order valence-corrected chi connectivity index (χ3v) is 5.74. The van der Waals surface area contributed by atoms with E-state index in [9.17, 15) is 37.3 Å². The maximum atomic E-state index is 13.3. The first-order chi connectivity index (χ1) is 16.5. The first-order valence-electron chi connectivity index (χ1n) is 10.7. The Morgan fingerprint density at radius 2 is 1.86 bits per heavy atom. The fraction of sp³-hybridized carbons (Fsp3) is 0.391. The van der Waals surface area contributed by atoms with Crippen LogP contribution >= 0.6 is 0 Å². The number of amides is 1. The summed E-state index contributed by atoms with van der Waals surface area (Å²) in [5, 5.41) is 11.3. The molecule has 0 aliphatic carbocycles. The molecule has 1 heterocycles. The Labute approximate surface area is 198 Å². The van der Waals surface area contributed by atoms with E-state index in [2.05, 4.69) is 0 Å². The summed E-state index contributed by atoms with van der Waals surface area (Å²) in [5.41, 5.74) is -1.15. The highest BCUT2D eigenvalue weighted by molar-refractivity contribution is 5.81. The molecule has 0 unspecified atom stereocenters. The third-order valence-electron chi connectivity index (χ3n) is 5.74. The van der Waals surface area contributed by atoms with E-state index in [0.717, 1.165) is 12.1 Å². The van der Waals surface area contributed by atoms with Crippen LogP contribution in [0.15, 0.2) is 42.5 Å². The lowest BCUT2D eigenvalue weighted by Gasteiger charge is -2.32. The average Bonchev–Trinajstić information content (AvgIpc) is 2.81. The number of esters is 1. The van der Waals surface area contributed by atoms with Crippen LogP contribution in [-0.2, 0) is 27.0 Å². The van der Waals surface area contributed by atoms with Crippen molar-refractivity contribution in [2.75, 3.05) is 31.6 Å². The second-order valence-corrected chi connectivity index (χ2v) is 8.21. The predicted molar refractivity (Wildman–Crippen MR) is 117 cm³/mol. The lowest BCUT2D eigenvalue weighted by molar-refractivity contribution is -0.384. The monoisotopic (exact) mass is 497 g/mol. The van der Waals surface area contributed by atoms with Crippen LogP contribution in [0.2, 0.25) is 0 Å². The van der Waals surface area contributed by atoms with Crippen LogP contribution in [-0.4, -0.2) is 48.4 Å². The normalized spacial score (nSPS) is 14.5. The van der Waals surface area contributed by atoms with Crippen molar-refractivity contribution in [3.8, 4) is 0 Å². The molecule has 12 heteroatoms. The van der Waals surface area contributed by atoms with Crippen molar-refractivity contribution in [1.82, 2.24) is 4.90 Å². The summed E-state index contributed by atoms with van der Waals surface area (Å²) in [5.74, 6) is -2.05. The molecule has 0 N–H and O–H groups in total. The van der Waals surface area contributed by atoms with Gasteiger partial charge in [-0.1, -0.05) is 12.1 Å². The Bertz CT molecular complexity index is 1100. The van der Waals surface area contributed by atoms with Crippen LogP contribution in [0.3, 0.4) is 0 Å². The van der Waals surface area contributed by atoms with Crippen molar-refractivity contribution in [2.24, 2.45) is 5.92 Å². The number of benzene rings is 2. The summed E-state index contributed by atoms with van der Waals surface area (Å²) in [6.07, 6.45) is -4.20. The molecule has 8 nitrogen and oxygen atoms in total. The molecule has 2 aromatic rings. The van der Waals surface area contributed by atoms with E-state index in [1.807, 2.05) is 0 Å². The number of hydrogen-bond acceptors (Lipinski definition) is 6. The molecule has 1 saturated heterocycles. The summed E-state index contributed by atoms with van der Waals surface area (Å²) >= 11 is 0. The number of anilines is 1. The van der Waals surface area contributed by atoms with Crippen molar-refractivity contribution in [1.29, 1.82) is 0 Å². The summed E-state index contributed by atoms with van der Waals surface area (Å²) in [6, 6.07) is 8.12. The van der Waals surface area contributed by atoms with Gasteiger partial charge in [0.25, 0.3) is 11.6 Å². The van der Waals surface area contributed by atoms with Crippen LogP contribution in [0, 0.1) is 21.8 Å². The van der Waals surface area contributed by atoms with Gasteiger partial charge in [0.15, 0.2) is 6.61 Å². The van der Waals surface area contributed by atoms with Crippen molar-refractivity contribution < 1.29 is 36.8 Å². The highest BCUT2D eigenvalue weighted by Crippen LogP contribution is 2.37. The zero-order valence-corrected chi connectivity index (χ0v) is 18.8. The summed E-state index contributed by atoms with van der Waals surface area (Å²) in [7, 11) is 1.50. The first-order valence-corrected chi connectivity index (χ1v) is 10.7. The smallest absolute Gasteiger partial charge is 0.416 e. The zero-order valence-electron chi connectivity index (χ0n) is 18.8. The minimum Gasteiger partial charge on any atom is -0.455 e. The number of ether oxygens (including phenoxy) is 1. The highest BCUT2D eigenvalue weighted by Gasteiger charge is 2.35. The molecule has 0 radical (unpaired) electrons. The Morgan fingerprint density at radius 1 is 1.17 bits per heavy atom. The number of rotatable bonds is 7. The van der Waals surface area contributed by atoms with Gasteiger partial charge >= 0.3 is 12.1 Å². The van der Waals surface area contributed by atoms with Crippen LogP contribution in [0.25, 0.3) is 0 Å². The SMILES string of the molecule is CN(Cc1cccc(F)c1)C(=O)COC(=O)C1CCN(c2ccc(C(F)(F)F)cc2[N+](=O)[O-])CC1. The van der Waals surface area contributed by atoms with Gasteiger partial charge in [0, 0.05) is 32.7 Å². The van der Waals surface area contributed by atoms with E-state index in [1.54, 1.807) is 11.0 Å². The number of likely N-dealkylation sites (N-methyl/N-ethyl adjacent to an activating group) is 1. The summed E-state index contributed by atoms with van der Waals surface area (Å²) in [4.78, 5) is 38.0. The van der Waals surface area contributed by atoms with Gasteiger partial charge in [-0.3, -0.25) is 19.7 Å². The number of carbonyl (C=O) groups is 2. The second kappa shape index (κ2) is 10.7. The largest absolute Gasteiger partial charge is 0.455 e. The van der Waals surface area contributed by atoms with Crippen LogP contribution in [0.1, 0.15) is 24.0 Å². The van der Waals surface area contributed by atoms with Gasteiger partial charge in [0.2, 0.25) is 0 Å². The summed E-state index contributed by atoms with van der Waals surface area (Å²) in [6.45, 7) is 0.0342. The van der Waals surface area contributed by atoms with Gasteiger partial charge in [-0.05, 0) is 42.7 Å². The minimum atomic E-state index is -4.71. The minimum absolute atomic E-state index is 0.0453. The van der Waals surface area contributed by atoms with Gasteiger partial charge in [-0.15, -0.1) is 0 Å². The van der Waals surface area contributed by atoms with Crippen LogP contribution < -0.4 is 4.90 Å². The molecule has 1 amide bonds. The molecule has 0 bridgehead atoms. The zero-order chi connectivity index (χ0) is 25.8. The number of alkyl halides is 3. The van der Waals surface area contributed by atoms with E-state index in [-0.39, 0.29) is 38.2 Å². The number of halogens is 4. The number of nitrogens with zero attached hydrogens (tertiary/aromatic N) is 3. The molecule has 0 spiro atoms. The van der Waals surface area contributed by atoms with Crippen LogP contribution in [0.4, 0.5) is 28.9 Å². The van der Waals surface area contributed by atoms with Gasteiger partial charge in [-0.25, -0.2) is 4.39 Å². The Kier molecular flexibility index (Phi) is 7.92. The molecule has 1 aliphatic heterocycles. The molecular formula is C23H23F4N3O5. The van der Waals surface area contributed by atoms with Crippen molar-refractivity contribution in [3.63, 3.8) is 0 Å². The van der Waals surface area contributed by atoms with Crippen molar-refractivity contribution >= 4 is 23.3 Å². The third kappa shape index (κ3) is 6.67. The quantitative estimate of drug-likeness (QED) is 0.247. The fourth-order valence-corrected chi connectivity index (χ4v) is 3.83. The van der Waals surface area contributed by atoms with E-state index in [4.69, 9.17) is 4.74 Å². The lowest BCUT2D eigenvalue weighted by Crippen LogP contribution is -2.38. The van der Waals surface area contributed by atoms with Crippen LogP contribution in [0.5, 0.6) is 0 Å². The van der Waals surface area contributed by atoms with Crippen molar-refractivity contribution in [3.05, 3.63) is 69.5 Å². The van der Waals surface area contributed by atoms with Gasteiger partial charge in [0.05, 0.1) is 16.4 Å².